The van der Waals surface area contributed by atoms with E-state index in [4.69, 9.17) is 0 Å². The molecule has 0 aliphatic heterocycles. The number of allylic oxidation sites excluding steroid dienone is 4. The standard InChI is InChI=1S/C23H32F2/c1-3-5-7-9-11-20-16-17-21(23(25)22(20)24)19-14-12-18(13-15-19)10-8-6-4-2/h4,6,14,16-18H,3,5,7-13,15H2,1-2H3/b6-4+. The molecule has 0 heterocycles. The molecule has 1 aromatic carbocycles. The van der Waals surface area contributed by atoms with E-state index in [1.54, 1.807) is 12.1 Å². The second-order valence-corrected chi connectivity index (χ2v) is 7.23. The third-order valence-electron chi connectivity index (χ3n) is 5.30. The first-order chi connectivity index (χ1) is 12.2. The minimum absolute atomic E-state index is 0.474. The van der Waals surface area contributed by atoms with E-state index in [9.17, 15) is 8.78 Å². The molecule has 1 unspecified atom stereocenters. The van der Waals surface area contributed by atoms with Crippen molar-refractivity contribution in [3.63, 3.8) is 0 Å². The van der Waals surface area contributed by atoms with Crippen LogP contribution >= 0.6 is 0 Å². The summed E-state index contributed by atoms with van der Waals surface area (Å²) in [7, 11) is 0. The second-order valence-electron chi connectivity index (χ2n) is 7.23. The van der Waals surface area contributed by atoms with Crippen LogP contribution in [0.5, 0.6) is 0 Å². The van der Waals surface area contributed by atoms with Crippen molar-refractivity contribution in [3.8, 4) is 0 Å². The molecule has 25 heavy (non-hydrogen) atoms. The van der Waals surface area contributed by atoms with Gasteiger partial charge < -0.3 is 0 Å². The molecule has 0 aromatic heterocycles. The molecule has 1 atom stereocenters. The van der Waals surface area contributed by atoms with E-state index in [-0.39, 0.29) is 0 Å². The lowest BCUT2D eigenvalue weighted by Gasteiger charge is -2.22. The third-order valence-corrected chi connectivity index (χ3v) is 5.30. The van der Waals surface area contributed by atoms with Crippen LogP contribution in [0, 0.1) is 17.6 Å². The third kappa shape index (κ3) is 5.80. The first-order valence-corrected chi connectivity index (χ1v) is 9.94. The first kappa shape index (κ1) is 19.9. The zero-order valence-electron chi connectivity index (χ0n) is 15.8. The Bertz CT molecular complexity index is 598. The van der Waals surface area contributed by atoms with Gasteiger partial charge in [-0.1, -0.05) is 56.5 Å². The van der Waals surface area contributed by atoms with E-state index < -0.39 is 11.6 Å². The predicted octanol–water partition coefficient (Wildman–Crippen LogP) is 7.63. The fourth-order valence-electron chi connectivity index (χ4n) is 3.67. The smallest absolute Gasteiger partial charge is 0.166 e. The highest BCUT2D eigenvalue weighted by molar-refractivity contribution is 5.67. The number of benzene rings is 1. The van der Waals surface area contributed by atoms with E-state index in [2.05, 4.69) is 25.2 Å². The van der Waals surface area contributed by atoms with E-state index >= 15 is 0 Å². The van der Waals surface area contributed by atoms with Gasteiger partial charge in [-0.25, -0.2) is 8.78 Å². The molecule has 0 saturated heterocycles. The molecule has 138 valence electrons. The van der Waals surface area contributed by atoms with Gasteiger partial charge in [0.1, 0.15) is 0 Å². The Labute approximate surface area is 152 Å². The molecule has 0 bridgehead atoms. The molecular weight excluding hydrogens is 314 g/mol. The predicted molar refractivity (Wildman–Crippen MR) is 104 cm³/mol. The largest absolute Gasteiger partial charge is 0.203 e. The Kier molecular flexibility index (Phi) is 8.37. The van der Waals surface area contributed by atoms with Crippen molar-refractivity contribution >= 4 is 5.57 Å². The van der Waals surface area contributed by atoms with Crippen molar-refractivity contribution in [2.24, 2.45) is 5.92 Å². The molecule has 0 saturated carbocycles. The van der Waals surface area contributed by atoms with Gasteiger partial charge in [0, 0.05) is 5.56 Å². The van der Waals surface area contributed by atoms with Crippen LogP contribution in [0.1, 0.15) is 82.8 Å². The Morgan fingerprint density at radius 2 is 1.96 bits per heavy atom. The van der Waals surface area contributed by atoms with Crippen LogP contribution in [0.4, 0.5) is 8.78 Å². The van der Waals surface area contributed by atoms with Crippen molar-refractivity contribution in [1.29, 1.82) is 0 Å². The number of unbranched alkanes of at least 4 members (excludes halogenated alkanes) is 3. The zero-order valence-corrected chi connectivity index (χ0v) is 15.8. The van der Waals surface area contributed by atoms with Gasteiger partial charge in [-0.15, -0.1) is 0 Å². The highest BCUT2D eigenvalue weighted by atomic mass is 19.2. The molecule has 2 rings (SSSR count). The minimum atomic E-state index is -0.647. The van der Waals surface area contributed by atoms with Crippen molar-refractivity contribution < 1.29 is 8.78 Å². The lowest BCUT2D eigenvalue weighted by molar-refractivity contribution is 0.451. The van der Waals surface area contributed by atoms with Gasteiger partial charge in [0.05, 0.1) is 0 Å². The summed E-state index contributed by atoms with van der Waals surface area (Å²) in [5.41, 5.74) is 1.98. The Hall–Kier alpha value is -1.44. The van der Waals surface area contributed by atoms with Crippen LogP contribution in [0.3, 0.4) is 0 Å². The summed E-state index contributed by atoms with van der Waals surface area (Å²) in [5, 5.41) is 0. The van der Waals surface area contributed by atoms with Crippen LogP contribution < -0.4 is 0 Å². The lowest BCUT2D eigenvalue weighted by atomic mass is 9.84. The summed E-state index contributed by atoms with van der Waals surface area (Å²) in [4.78, 5) is 0. The number of rotatable bonds is 9. The maximum absolute atomic E-state index is 14.5. The van der Waals surface area contributed by atoms with E-state index in [1.165, 1.54) is 6.42 Å². The molecule has 0 fully saturated rings. The number of hydrogen-bond acceptors (Lipinski definition) is 0. The van der Waals surface area contributed by atoms with Gasteiger partial charge in [-0.2, -0.15) is 0 Å². The molecule has 0 amide bonds. The summed E-state index contributed by atoms with van der Waals surface area (Å²) in [6, 6.07) is 3.58. The minimum Gasteiger partial charge on any atom is -0.203 e. The molecule has 0 N–H and O–H groups in total. The average molecular weight is 347 g/mol. The molecule has 1 aromatic rings. The number of halogens is 2. The SMILES string of the molecule is C/C=C/CCC1CC=C(c2ccc(CCCCCC)c(F)c2F)CC1. The highest BCUT2D eigenvalue weighted by Crippen LogP contribution is 2.34. The van der Waals surface area contributed by atoms with Crippen LogP contribution in [0.15, 0.2) is 30.4 Å². The van der Waals surface area contributed by atoms with Crippen molar-refractivity contribution in [1.82, 2.24) is 0 Å². The van der Waals surface area contributed by atoms with Crippen molar-refractivity contribution in [2.75, 3.05) is 0 Å². The van der Waals surface area contributed by atoms with E-state index in [1.807, 2.05) is 6.92 Å². The average Bonchev–Trinajstić information content (AvgIpc) is 2.63. The van der Waals surface area contributed by atoms with Gasteiger partial charge >= 0.3 is 0 Å². The van der Waals surface area contributed by atoms with Crippen LogP contribution in [0.2, 0.25) is 0 Å². The highest BCUT2D eigenvalue weighted by Gasteiger charge is 2.20. The maximum atomic E-state index is 14.5. The molecule has 1 aliphatic carbocycles. The lowest BCUT2D eigenvalue weighted by Crippen LogP contribution is -2.07. The Balaban J connectivity index is 1.99. The van der Waals surface area contributed by atoms with Gasteiger partial charge in [-0.3, -0.25) is 0 Å². The summed E-state index contributed by atoms with van der Waals surface area (Å²) >= 11 is 0. The Morgan fingerprint density at radius 3 is 2.64 bits per heavy atom. The molecular formula is C23H32F2. The summed E-state index contributed by atoms with van der Waals surface area (Å²) in [5.74, 6) is -0.609. The van der Waals surface area contributed by atoms with Crippen LogP contribution in [-0.2, 0) is 6.42 Å². The fourth-order valence-corrected chi connectivity index (χ4v) is 3.67. The number of aryl methyl sites for hydroxylation is 1. The van der Waals surface area contributed by atoms with Crippen molar-refractivity contribution in [3.05, 3.63) is 53.1 Å². The van der Waals surface area contributed by atoms with Gasteiger partial charge in [0.25, 0.3) is 0 Å². The van der Waals surface area contributed by atoms with Crippen LogP contribution in [0.25, 0.3) is 5.57 Å². The molecule has 0 spiro atoms. The Morgan fingerprint density at radius 1 is 1.12 bits per heavy atom. The molecule has 0 radical (unpaired) electrons. The summed E-state index contributed by atoms with van der Waals surface area (Å²) in [6.07, 6.45) is 16.6. The summed E-state index contributed by atoms with van der Waals surface area (Å²) < 4.78 is 28.9. The summed E-state index contributed by atoms with van der Waals surface area (Å²) in [6.45, 7) is 4.20. The fraction of sp³-hybridized carbons (Fsp3) is 0.565. The van der Waals surface area contributed by atoms with Crippen LogP contribution in [-0.4, -0.2) is 0 Å². The number of hydrogen-bond donors (Lipinski definition) is 0. The maximum Gasteiger partial charge on any atom is 0.166 e. The first-order valence-electron chi connectivity index (χ1n) is 9.94. The molecule has 0 nitrogen and oxygen atoms in total. The normalized spacial score (nSPS) is 17.9. The zero-order chi connectivity index (χ0) is 18.1. The quantitative estimate of drug-likeness (QED) is 0.318. The van der Waals surface area contributed by atoms with Gasteiger partial charge in [-0.05, 0) is 68.9 Å². The monoisotopic (exact) mass is 346 g/mol. The van der Waals surface area contributed by atoms with Gasteiger partial charge in [0.15, 0.2) is 11.6 Å². The molecule has 1 aliphatic rings. The van der Waals surface area contributed by atoms with Crippen molar-refractivity contribution in [2.45, 2.75) is 78.1 Å². The topological polar surface area (TPSA) is 0 Å². The van der Waals surface area contributed by atoms with E-state index in [0.29, 0.717) is 23.5 Å². The molecule has 2 heteroatoms. The second kappa shape index (κ2) is 10.5. The van der Waals surface area contributed by atoms with Gasteiger partial charge in [0.2, 0.25) is 0 Å². The van der Waals surface area contributed by atoms with E-state index in [0.717, 1.165) is 56.9 Å².